The molecule has 2 heteroatoms. The van der Waals surface area contributed by atoms with Gasteiger partial charge >= 0.3 is 0 Å². The van der Waals surface area contributed by atoms with Crippen LogP contribution in [0.25, 0.3) is 5.57 Å². The molecule has 0 spiro atoms. The second-order valence-electron chi connectivity index (χ2n) is 5.19. The maximum Gasteiger partial charge on any atom is 0.129 e. The Morgan fingerprint density at radius 2 is 1.82 bits per heavy atom. The third-order valence-electron chi connectivity index (χ3n) is 2.06. The molecule has 0 saturated carbocycles. The quantitative estimate of drug-likeness (QED) is 0.625. The summed E-state index contributed by atoms with van der Waals surface area (Å²) in [5, 5.41) is 9.48. The highest BCUT2D eigenvalue weighted by molar-refractivity contribution is 6.84. The zero-order valence-electron chi connectivity index (χ0n) is 11.0. The summed E-state index contributed by atoms with van der Waals surface area (Å²) in [6, 6.07) is 10.00. The highest BCUT2D eigenvalue weighted by Crippen LogP contribution is 2.14. The van der Waals surface area contributed by atoms with Gasteiger partial charge in [0.15, 0.2) is 0 Å². The summed E-state index contributed by atoms with van der Waals surface area (Å²) in [4.78, 5) is 0. The molecule has 0 aromatic heterocycles. The predicted octanol–water partition coefficient (Wildman–Crippen LogP) is 3.33. The van der Waals surface area contributed by atoms with Gasteiger partial charge in [0.05, 0.1) is 6.10 Å². The van der Waals surface area contributed by atoms with E-state index in [1.54, 1.807) is 6.92 Å². The van der Waals surface area contributed by atoms with Crippen LogP contribution in [0.2, 0.25) is 19.6 Å². The Hall–Kier alpha value is -1.30. The van der Waals surface area contributed by atoms with Gasteiger partial charge in [-0.1, -0.05) is 55.9 Å². The number of rotatable bonds is 2. The van der Waals surface area contributed by atoms with Crippen molar-refractivity contribution < 1.29 is 5.11 Å². The summed E-state index contributed by atoms with van der Waals surface area (Å²) in [6.07, 6.45) is 1.34. The normalized spacial score (nSPS) is 13.8. The van der Waals surface area contributed by atoms with Crippen molar-refractivity contribution in [3.8, 4) is 11.5 Å². The van der Waals surface area contributed by atoms with Crippen LogP contribution in [-0.2, 0) is 0 Å². The Balaban J connectivity index is 3.10. The van der Waals surface area contributed by atoms with Crippen LogP contribution in [0.4, 0.5) is 0 Å². The summed E-state index contributed by atoms with van der Waals surface area (Å²) in [6.45, 7) is 8.39. The number of benzene rings is 1. The van der Waals surface area contributed by atoms with Gasteiger partial charge in [-0.3, -0.25) is 0 Å². The fraction of sp³-hybridized carbons (Fsp3) is 0.333. The molecule has 0 bridgehead atoms. The number of aliphatic hydroxyl groups excluding tert-OH is 1. The predicted molar refractivity (Wildman–Crippen MR) is 77.2 cm³/mol. The van der Waals surface area contributed by atoms with E-state index in [1.165, 1.54) is 0 Å². The van der Waals surface area contributed by atoms with Crippen molar-refractivity contribution in [1.82, 2.24) is 0 Å². The molecule has 0 saturated heterocycles. The molecule has 1 N–H and O–H groups in total. The Morgan fingerprint density at radius 3 is 2.29 bits per heavy atom. The second-order valence-corrected chi connectivity index (χ2v) is 9.94. The van der Waals surface area contributed by atoms with Crippen LogP contribution in [0, 0.1) is 11.5 Å². The lowest BCUT2D eigenvalue weighted by Gasteiger charge is -2.06. The standard InChI is InChI=1S/C15H20OSi/c1-13(16)12-15(10-11-17(2,3)4)14-8-6-5-7-9-14/h5-9,12-13,16H,1-4H3/b15-12-. The molecule has 0 aliphatic rings. The maximum absolute atomic E-state index is 9.48. The molecule has 0 radical (unpaired) electrons. The summed E-state index contributed by atoms with van der Waals surface area (Å²) in [7, 11) is -1.39. The van der Waals surface area contributed by atoms with Gasteiger partial charge in [-0.15, -0.1) is 5.54 Å². The van der Waals surface area contributed by atoms with E-state index in [9.17, 15) is 5.11 Å². The first kappa shape index (κ1) is 13.8. The first-order valence-corrected chi connectivity index (χ1v) is 9.37. The summed E-state index contributed by atoms with van der Waals surface area (Å²) in [5.41, 5.74) is 5.32. The summed E-state index contributed by atoms with van der Waals surface area (Å²) >= 11 is 0. The first-order valence-electron chi connectivity index (χ1n) is 5.87. The Morgan fingerprint density at radius 1 is 1.24 bits per heavy atom. The van der Waals surface area contributed by atoms with Crippen molar-refractivity contribution in [2.75, 3.05) is 0 Å². The number of hydrogen-bond acceptors (Lipinski definition) is 1. The minimum Gasteiger partial charge on any atom is -0.389 e. The van der Waals surface area contributed by atoms with Gasteiger partial charge in [0.25, 0.3) is 0 Å². The molecular weight excluding hydrogens is 224 g/mol. The second kappa shape index (κ2) is 5.86. The van der Waals surface area contributed by atoms with Gasteiger partial charge in [0, 0.05) is 5.57 Å². The largest absolute Gasteiger partial charge is 0.389 e. The fourth-order valence-electron chi connectivity index (χ4n) is 1.32. The van der Waals surface area contributed by atoms with Crippen molar-refractivity contribution in [2.45, 2.75) is 32.7 Å². The van der Waals surface area contributed by atoms with Crippen molar-refractivity contribution in [2.24, 2.45) is 0 Å². The lowest BCUT2D eigenvalue weighted by atomic mass is 10.1. The van der Waals surface area contributed by atoms with Crippen molar-refractivity contribution >= 4 is 13.6 Å². The van der Waals surface area contributed by atoms with Gasteiger partial charge in [0.2, 0.25) is 0 Å². The van der Waals surface area contributed by atoms with Crippen LogP contribution in [0.5, 0.6) is 0 Å². The van der Waals surface area contributed by atoms with Crippen LogP contribution >= 0.6 is 0 Å². The fourth-order valence-corrected chi connectivity index (χ4v) is 1.83. The molecule has 0 fully saturated rings. The van der Waals surface area contributed by atoms with E-state index in [-0.39, 0.29) is 0 Å². The maximum atomic E-state index is 9.48. The third kappa shape index (κ3) is 5.53. The van der Waals surface area contributed by atoms with E-state index < -0.39 is 14.2 Å². The number of aliphatic hydroxyl groups is 1. The van der Waals surface area contributed by atoms with Crippen LogP contribution in [0.3, 0.4) is 0 Å². The molecule has 0 amide bonds. The molecule has 0 aliphatic carbocycles. The molecule has 17 heavy (non-hydrogen) atoms. The van der Waals surface area contributed by atoms with Crippen molar-refractivity contribution in [3.63, 3.8) is 0 Å². The van der Waals surface area contributed by atoms with E-state index in [0.29, 0.717) is 0 Å². The monoisotopic (exact) mass is 244 g/mol. The van der Waals surface area contributed by atoms with Gasteiger partial charge in [-0.2, -0.15) is 0 Å². The van der Waals surface area contributed by atoms with Crippen LogP contribution in [-0.4, -0.2) is 19.3 Å². The van der Waals surface area contributed by atoms with Crippen LogP contribution in [0.1, 0.15) is 12.5 Å². The lowest BCUT2D eigenvalue weighted by Crippen LogP contribution is -2.16. The number of allylic oxidation sites excluding steroid dienone is 1. The van der Waals surface area contributed by atoms with E-state index >= 15 is 0 Å². The minimum atomic E-state index is -1.39. The zero-order valence-corrected chi connectivity index (χ0v) is 12.0. The minimum absolute atomic E-state index is 0.471. The molecule has 1 atom stereocenters. The van der Waals surface area contributed by atoms with E-state index in [0.717, 1.165) is 11.1 Å². The molecule has 0 aliphatic heterocycles. The lowest BCUT2D eigenvalue weighted by molar-refractivity contribution is 0.245. The Bertz CT molecular complexity index is 441. The van der Waals surface area contributed by atoms with Crippen molar-refractivity contribution in [3.05, 3.63) is 42.0 Å². The Kier molecular flexibility index (Phi) is 4.74. The molecule has 1 rings (SSSR count). The molecule has 0 heterocycles. The average molecular weight is 244 g/mol. The van der Waals surface area contributed by atoms with Gasteiger partial charge < -0.3 is 5.11 Å². The molecular formula is C15H20OSi. The zero-order chi connectivity index (χ0) is 12.9. The van der Waals surface area contributed by atoms with E-state index in [2.05, 4.69) is 31.1 Å². The Labute approximate surface area is 105 Å². The number of hydrogen-bond donors (Lipinski definition) is 1. The van der Waals surface area contributed by atoms with E-state index in [4.69, 9.17) is 0 Å². The summed E-state index contributed by atoms with van der Waals surface area (Å²) < 4.78 is 0. The highest BCUT2D eigenvalue weighted by atomic mass is 28.3. The van der Waals surface area contributed by atoms with Crippen molar-refractivity contribution in [1.29, 1.82) is 0 Å². The molecule has 1 aromatic carbocycles. The molecule has 1 unspecified atom stereocenters. The summed E-state index contributed by atoms with van der Waals surface area (Å²) in [5.74, 6) is 3.22. The third-order valence-corrected chi connectivity index (χ3v) is 2.94. The smallest absolute Gasteiger partial charge is 0.129 e. The SMILES string of the molecule is CC(O)/C=C(/C#C[Si](C)(C)C)c1ccccc1. The van der Waals surface area contributed by atoms with Gasteiger partial charge in [-0.05, 0) is 18.6 Å². The van der Waals surface area contributed by atoms with Crippen LogP contribution in [0.15, 0.2) is 36.4 Å². The highest BCUT2D eigenvalue weighted by Gasteiger charge is 2.08. The van der Waals surface area contributed by atoms with Gasteiger partial charge in [0.1, 0.15) is 8.07 Å². The average Bonchev–Trinajstić information content (AvgIpc) is 2.24. The van der Waals surface area contributed by atoms with Gasteiger partial charge in [-0.25, -0.2) is 0 Å². The van der Waals surface area contributed by atoms with Crippen LogP contribution < -0.4 is 0 Å². The molecule has 1 nitrogen and oxygen atoms in total. The molecule has 90 valence electrons. The topological polar surface area (TPSA) is 20.2 Å². The van der Waals surface area contributed by atoms with E-state index in [1.807, 2.05) is 36.4 Å². The first-order chi connectivity index (χ1) is 7.88. The molecule has 1 aromatic rings.